The van der Waals surface area contributed by atoms with Crippen molar-refractivity contribution >= 4 is 28.8 Å². The highest BCUT2D eigenvalue weighted by molar-refractivity contribution is 7.13. The van der Waals surface area contributed by atoms with Crippen LogP contribution < -0.4 is 10.9 Å². The highest BCUT2D eigenvalue weighted by atomic mass is 35.5. The van der Waals surface area contributed by atoms with E-state index in [1.807, 2.05) is 49.6 Å². The Morgan fingerprint density at radius 2 is 1.83 bits per heavy atom. The fourth-order valence-electron chi connectivity index (χ4n) is 5.70. The maximum atomic E-state index is 14.6. The summed E-state index contributed by atoms with van der Waals surface area (Å²) in [7, 11) is 0. The fourth-order valence-corrected chi connectivity index (χ4v) is 6.66. The van der Waals surface area contributed by atoms with Crippen LogP contribution in [0.2, 0.25) is 5.02 Å². The van der Waals surface area contributed by atoms with E-state index in [1.165, 1.54) is 11.3 Å². The van der Waals surface area contributed by atoms with Crippen LogP contribution in [0.1, 0.15) is 60.8 Å². The molecule has 2 N–H and O–H groups in total. The summed E-state index contributed by atoms with van der Waals surface area (Å²) in [6.07, 6.45) is 1.49. The van der Waals surface area contributed by atoms with Crippen molar-refractivity contribution in [2.24, 2.45) is 0 Å². The Morgan fingerprint density at radius 3 is 2.45 bits per heavy atom. The summed E-state index contributed by atoms with van der Waals surface area (Å²) in [5.41, 5.74) is 6.01. The number of aryl methyl sites for hydroxylation is 2. The molecular formula is C33H37ClN4O3S. The number of carbonyl (C=O) groups is 1. The zero-order chi connectivity index (χ0) is 30.0. The van der Waals surface area contributed by atoms with Crippen LogP contribution in [0.3, 0.4) is 0 Å². The molecule has 2 aromatic heterocycles. The minimum atomic E-state index is -0.191. The molecule has 0 spiro atoms. The average molecular weight is 605 g/mol. The highest BCUT2D eigenvalue weighted by Gasteiger charge is 2.30. The summed E-state index contributed by atoms with van der Waals surface area (Å²) in [5.74, 6) is -0.257. The molecular weight excluding hydrogens is 568 g/mol. The van der Waals surface area contributed by atoms with E-state index in [0.717, 1.165) is 40.9 Å². The van der Waals surface area contributed by atoms with Gasteiger partial charge in [-0.15, -0.1) is 11.3 Å². The van der Waals surface area contributed by atoms with Crippen LogP contribution in [0.25, 0.3) is 27.5 Å². The van der Waals surface area contributed by atoms with Gasteiger partial charge in [0.05, 0.1) is 29.1 Å². The first-order valence-electron chi connectivity index (χ1n) is 14.5. The molecule has 1 amide bonds. The highest BCUT2D eigenvalue weighted by Crippen LogP contribution is 2.33. The Hall–Kier alpha value is -3.30. The van der Waals surface area contributed by atoms with Crippen LogP contribution in [-0.4, -0.2) is 57.7 Å². The van der Waals surface area contributed by atoms with E-state index in [9.17, 15) is 14.7 Å². The van der Waals surface area contributed by atoms with Crippen LogP contribution in [0.15, 0.2) is 58.7 Å². The molecule has 4 aromatic rings. The van der Waals surface area contributed by atoms with E-state index in [2.05, 4.69) is 31.3 Å². The SMILES string of the molecule is CCc1cccc(CC)c1-n1c(C(C)C)c(C(=O)N2CCN[C@H](CO)C2)cc(-c2nc(-c3ccc(Cl)cc3)cs2)c1=O. The molecule has 2 aromatic carbocycles. The predicted molar refractivity (Wildman–Crippen MR) is 171 cm³/mol. The van der Waals surface area contributed by atoms with Crippen LogP contribution in [-0.2, 0) is 12.8 Å². The number of pyridine rings is 1. The minimum absolute atomic E-state index is 0.0537. The van der Waals surface area contributed by atoms with Gasteiger partial charge in [0.2, 0.25) is 0 Å². The predicted octanol–water partition coefficient (Wildman–Crippen LogP) is 5.94. The Kier molecular flexibility index (Phi) is 9.28. The van der Waals surface area contributed by atoms with E-state index in [1.54, 1.807) is 15.5 Å². The van der Waals surface area contributed by atoms with Crippen molar-refractivity contribution in [3.05, 3.63) is 91.7 Å². The number of para-hydroxylation sites is 1. The topological polar surface area (TPSA) is 87.5 Å². The second kappa shape index (κ2) is 12.9. The van der Waals surface area contributed by atoms with Crippen LogP contribution >= 0.6 is 22.9 Å². The molecule has 7 nitrogen and oxygen atoms in total. The lowest BCUT2D eigenvalue weighted by molar-refractivity contribution is 0.0669. The molecule has 42 heavy (non-hydrogen) atoms. The fraction of sp³-hybridized carbons (Fsp3) is 0.364. The second-order valence-electron chi connectivity index (χ2n) is 10.9. The van der Waals surface area contributed by atoms with E-state index >= 15 is 0 Å². The summed E-state index contributed by atoms with van der Waals surface area (Å²) in [4.78, 5) is 35.6. The van der Waals surface area contributed by atoms with Gasteiger partial charge in [0.1, 0.15) is 5.01 Å². The number of thiazole rings is 1. The molecule has 9 heteroatoms. The van der Waals surface area contributed by atoms with E-state index < -0.39 is 0 Å². The van der Waals surface area contributed by atoms with Gasteiger partial charge in [0.25, 0.3) is 11.5 Å². The standard InChI is InChI=1S/C33H37ClN4O3S/c1-5-21-8-7-9-22(6-2)30(21)38-29(20(3)4)26(32(40)37-15-14-35-25(17-37)18-39)16-27(33(38)41)31-36-28(19-42-31)23-10-12-24(34)13-11-23/h7-13,16,19-20,25,35,39H,5-6,14-15,17-18H2,1-4H3/t25-/m0/s1. The Morgan fingerprint density at radius 1 is 1.14 bits per heavy atom. The van der Waals surface area contributed by atoms with E-state index in [4.69, 9.17) is 16.6 Å². The first-order valence-corrected chi connectivity index (χ1v) is 15.8. The molecule has 1 saturated heterocycles. The third-order valence-electron chi connectivity index (χ3n) is 7.84. The molecule has 1 fully saturated rings. The number of nitrogens with one attached hydrogen (secondary N) is 1. The second-order valence-corrected chi connectivity index (χ2v) is 12.2. The van der Waals surface area contributed by atoms with Gasteiger partial charge >= 0.3 is 0 Å². The number of amides is 1. The van der Waals surface area contributed by atoms with Crippen molar-refractivity contribution in [3.63, 3.8) is 0 Å². The largest absolute Gasteiger partial charge is 0.395 e. The number of aromatic nitrogens is 2. The number of piperazine rings is 1. The molecule has 3 heterocycles. The molecule has 0 unspecified atom stereocenters. The van der Waals surface area contributed by atoms with Crippen molar-refractivity contribution in [1.82, 2.24) is 19.8 Å². The number of halogens is 1. The summed E-state index contributed by atoms with van der Waals surface area (Å²) in [6, 6.07) is 15.2. The van der Waals surface area contributed by atoms with E-state index in [-0.39, 0.29) is 30.0 Å². The third-order valence-corrected chi connectivity index (χ3v) is 8.97. The molecule has 220 valence electrons. The van der Waals surface area contributed by atoms with Gasteiger partial charge in [-0.1, -0.05) is 69.6 Å². The summed E-state index contributed by atoms with van der Waals surface area (Å²) in [6.45, 7) is 9.68. The van der Waals surface area contributed by atoms with Gasteiger partial charge in [0.15, 0.2) is 0 Å². The number of carbonyl (C=O) groups excluding carboxylic acids is 1. The number of hydrogen-bond donors (Lipinski definition) is 2. The van der Waals surface area contributed by atoms with Gasteiger partial charge < -0.3 is 15.3 Å². The molecule has 0 bridgehead atoms. The van der Waals surface area contributed by atoms with Crippen molar-refractivity contribution < 1.29 is 9.90 Å². The maximum absolute atomic E-state index is 14.6. The van der Waals surface area contributed by atoms with Crippen molar-refractivity contribution in [1.29, 1.82) is 0 Å². The smallest absolute Gasteiger partial charge is 0.265 e. The number of aliphatic hydroxyl groups excluding tert-OH is 1. The molecule has 0 aliphatic carbocycles. The van der Waals surface area contributed by atoms with Crippen molar-refractivity contribution in [3.8, 4) is 27.5 Å². The van der Waals surface area contributed by atoms with Crippen molar-refractivity contribution in [2.45, 2.75) is 52.5 Å². The molecule has 1 aliphatic heterocycles. The van der Waals surface area contributed by atoms with Gasteiger partial charge in [-0.05, 0) is 48.1 Å². The van der Waals surface area contributed by atoms with Gasteiger partial charge in [-0.2, -0.15) is 0 Å². The maximum Gasteiger partial charge on any atom is 0.265 e. The van der Waals surface area contributed by atoms with Crippen LogP contribution in [0.4, 0.5) is 0 Å². The third kappa shape index (κ3) is 5.81. The Balaban J connectivity index is 1.78. The normalized spacial score (nSPS) is 15.4. The number of nitrogens with zero attached hydrogens (tertiary/aromatic N) is 3. The van der Waals surface area contributed by atoms with Crippen LogP contribution in [0.5, 0.6) is 0 Å². The van der Waals surface area contributed by atoms with Gasteiger partial charge in [-0.25, -0.2) is 4.98 Å². The first-order chi connectivity index (χ1) is 20.3. The minimum Gasteiger partial charge on any atom is -0.395 e. The van der Waals surface area contributed by atoms with Gasteiger partial charge in [-0.3, -0.25) is 14.2 Å². The Labute approximate surface area is 255 Å². The molecule has 1 aliphatic rings. The summed E-state index contributed by atoms with van der Waals surface area (Å²) in [5, 5.41) is 16.2. The molecule has 0 radical (unpaired) electrons. The Bertz CT molecular complexity index is 1620. The lowest BCUT2D eigenvalue weighted by Crippen LogP contribution is -2.54. The monoisotopic (exact) mass is 604 g/mol. The average Bonchev–Trinajstić information content (AvgIpc) is 3.50. The zero-order valence-electron chi connectivity index (χ0n) is 24.5. The number of benzene rings is 2. The number of hydrogen-bond acceptors (Lipinski definition) is 6. The molecule has 5 rings (SSSR count). The molecule has 1 atom stereocenters. The number of aliphatic hydroxyl groups is 1. The van der Waals surface area contributed by atoms with E-state index in [0.29, 0.717) is 46.5 Å². The summed E-state index contributed by atoms with van der Waals surface area (Å²) >= 11 is 7.49. The molecule has 0 saturated carbocycles. The lowest BCUT2D eigenvalue weighted by atomic mass is 9.96. The zero-order valence-corrected chi connectivity index (χ0v) is 26.1. The quantitative estimate of drug-likeness (QED) is 0.260. The lowest BCUT2D eigenvalue weighted by Gasteiger charge is -2.34. The first kappa shape index (κ1) is 30.2. The van der Waals surface area contributed by atoms with Gasteiger partial charge in [0, 0.05) is 47.3 Å². The summed E-state index contributed by atoms with van der Waals surface area (Å²) < 4.78 is 1.79. The van der Waals surface area contributed by atoms with Crippen LogP contribution in [0, 0.1) is 0 Å². The number of rotatable bonds is 8. The van der Waals surface area contributed by atoms with Crippen molar-refractivity contribution in [2.75, 3.05) is 26.2 Å².